The molecule has 6 nitrogen and oxygen atoms in total. The summed E-state index contributed by atoms with van der Waals surface area (Å²) in [6.07, 6.45) is 9.90. The maximum absolute atomic E-state index is 9.70. The van der Waals surface area contributed by atoms with Crippen LogP contribution in [0.15, 0.2) is 67.4 Å². The number of fused-ring (bicyclic) bond motifs is 1. The van der Waals surface area contributed by atoms with Crippen molar-refractivity contribution < 1.29 is 5.11 Å². The van der Waals surface area contributed by atoms with Crippen molar-refractivity contribution in [2.75, 3.05) is 11.9 Å². The molecular formula is C19H17N5O. The second kappa shape index (κ2) is 6.60. The first kappa shape index (κ1) is 15.1. The number of pyridine rings is 1. The van der Waals surface area contributed by atoms with Gasteiger partial charge in [0.25, 0.3) is 0 Å². The first-order valence-corrected chi connectivity index (χ1v) is 8.05. The van der Waals surface area contributed by atoms with Gasteiger partial charge in [0.15, 0.2) is 11.5 Å². The molecule has 0 aliphatic rings. The van der Waals surface area contributed by atoms with E-state index in [-0.39, 0.29) is 5.75 Å². The molecule has 2 N–H and O–H groups in total. The van der Waals surface area contributed by atoms with E-state index < -0.39 is 0 Å². The van der Waals surface area contributed by atoms with Gasteiger partial charge in [-0.05, 0) is 30.2 Å². The van der Waals surface area contributed by atoms with E-state index in [4.69, 9.17) is 0 Å². The summed E-state index contributed by atoms with van der Waals surface area (Å²) < 4.78 is 1.97. The first-order valence-electron chi connectivity index (χ1n) is 8.05. The van der Waals surface area contributed by atoms with E-state index in [0.717, 1.165) is 35.7 Å². The van der Waals surface area contributed by atoms with Crippen LogP contribution in [0.3, 0.4) is 0 Å². The van der Waals surface area contributed by atoms with Crippen LogP contribution in [-0.4, -0.2) is 31.0 Å². The molecule has 4 rings (SSSR count). The number of nitrogens with zero attached hydrogens (tertiary/aromatic N) is 4. The molecule has 3 heterocycles. The largest absolute Gasteiger partial charge is 0.508 e. The van der Waals surface area contributed by atoms with Gasteiger partial charge >= 0.3 is 0 Å². The van der Waals surface area contributed by atoms with Crippen LogP contribution < -0.4 is 5.32 Å². The van der Waals surface area contributed by atoms with E-state index in [1.165, 1.54) is 5.56 Å². The lowest BCUT2D eigenvalue weighted by Gasteiger charge is -2.08. The fourth-order valence-electron chi connectivity index (χ4n) is 2.79. The highest BCUT2D eigenvalue weighted by Crippen LogP contribution is 2.25. The van der Waals surface area contributed by atoms with E-state index in [1.807, 2.05) is 35.0 Å². The minimum Gasteiger partial charge on any atom is -0.508 e. The predicted octanol–water partition coefficient (Wildman–Crippen LogP) is 3.15. The van der Waals surface area contributed by atoms with Crippen molar-refractivity contribution in [2.45, 2.75) is 6.42 Å². The second-order valence-corrected chi connectivity index (χ2v) is 5.70. The number of imidazole rings is 1. The molecule has 124 valence electrons. The summed E-state index contributed by atoms with van der Waals surface area (Å²) in [5.41, 5.74) is 3.74. The molecule has 3 aromatic heterocycles. The minimum absolute atomic E-state index is 0.233. The van der Waals surface area contributed by atoms with Gasteiger partial charge in [0, 0.05) is 36.9 Å². The molecule has 4 aromatic rings. The van der Waals surface area contributed by atoms with Crippen molar-refractivity contribution >= 4 is 11.5 Å². The molecule has 0 bridgehead atoms. The summed E-state index contributed by atoms with van der Waals surface area (Å²) in [6.45, 7) is 0.743. The zero-order valence-electron chi connectivity index (χ0n) is 13.5. The molecule has 0 aliphatic carbocycles. The molecule has 0 saturated heterocycles. The highest BCUT2D eigenvalue weighted by Gasteiger charge is 2.10. The van der Waals surface area contributed by atoms with Crippen molar-refractivity contribution in [3.63, 3.8) is 0 Å². The molecule has 0 atom stereocenters. The van der Waals surface area contributed by atoms with Crippen molar-refractivity contribution in [1.82, 2.24) is 19.4 Å². The summed E-state index contributed by atoms with van der Waals surface area (Å²) in [4.78, 5) is 13.0. The van der Waals surface area contributed by atoms with Gasteiger partial charge in [0.2, 0.25) is 0 Å². The molecular weight excluding hydrogens is 314 g/mol. The van der Waals surface area contributed by atoms with Gasteiger partial charge < -0.3 is 10.4 Å². The molecule has 25 heavy (non-hydrogen) atoms. The quantitative estimate of drug-likeness (QED) is 0.587. The Morgan fingerprint density at radius 1 is 1.04 bits per heavy atom. The lowest BCUT2D eigenvalue weighted by atomic mass is 10.1. The van der Waals surface area contributed by atoms with Crippen molar-refractivity contribution in [2.24, 2.45) is 0 Å². The Morgan fingerprint density at radius 3 is 2.84 bits per heavy atom. The molecule has 0 aliphatic heterocycles. The number of aromatic nitrogens is 4. The number of nitrogens with one attached hydrogen (secondary N) is 1. The maximum atomic E-state index is 9.70. The van der Waals surface area contributed by atoms with Crippen LogP contribution in [0.4, 0.5) is 5.82 Å². The topological polar surface area (TPSA) is 75.3 Å². The molecule has 0 saturated carbocycles. The van der Waals surface area contributed by atoms with Gasteiger partial charge in [-0.3, -0.25) is 9.38 Å². The van der Waals surface area contributed by atoms with Crippen LogP contribution in [0.25, 0.3) is 16.9 Å². The van der Waals surface area contributed by atoms with Crippen molar-refractivity contribution in [3.8, 4) is 17.0 Å². The summed E-state index contributed by atoms with van der Waals surface area (Å²) in [6, 6.07) is 11.1. The van der Waals surface area contributed by atoms with Crippen molar-refractivity contribution in [3.05, 3.63) is 72.9 Å². The first-order chi connectivity index (χ1) is 12.3. The normalized spacial score (nSPS) is 10.9. The Hall–Kier alpha value is -3.41. The summed E-state index contributed by atoms with van der Waals surface area (Å²) in [7, 11) is 0. The Labute approximate surface area is 144 Å². The van der Waals surface area contributed by atoms with E-state index in [1.54, 1.807) is 30.7 Å². The number of phenols is 1. The smallest absolute Gasteiger partial charge is 0.180 e. The van der Waals surface area contributed by atoms with Crippen LogP contribution in [-0.2, 0) is 6.42 Å². The van der Waals surface area contributed by atoms with Gasteiger partial charge in [0.05, 0.1) is 11.9 Å². The van der Waals surface area contributed by atoms with Crippen LogP contribution in [0.1, 0.15) is 5.56 Å². The van der Waals surface area contributed by atoms with Crippen LogP contribution >= 0.6 is 0 Å². The van der Waals surface area contributed by atoms with Gasteiger partial charge in [-0.1, -0.05) is 18.2 Å². The van der Waals surface area contributed by atoms with Crippen LogP contribution in [0.5, 0.6) is 5.75 Å². The maximum Gasteiger partial charge on any atom is 0.180 e. The standard InChI is InChI=1S/C19H17N5O/c25-16-5-1-4-15(11-16)17-13-23-19-18(22-9-10-24(17)19)21-8-6-14-3-2-7-20-12-14/h1-5,7,9-13,25H,6,8H2,(H,21,22). The SMILES string of the molecule is Oc1cccc(-c2cnc3c(NCCc4cccnc4)nccn23)c1. The van der Waals surface area contributed by atoms with Gasteiger partial charge in [0.1, 0.15) is 5.75 Å². The minimum atomic E-state index is 0.233. The highest BCUT2D eigenvalue weighted by atomic mass is 16.3. The third kappa shape index (κ3) is 3.14. The van der Waals surface area contributed by atoms with Gasteiger partial charge in [-0.15, -0.1) is 0 Å². The Balaban J connectivity index is 1.59. The average molecular weight is 331 g/mol. The highest BCUT2D eigenvalue weighted by molar-refractivity contribution is 5.71. The predicted molar refractivity (Wildman–Crippen MR) is 96.5 cm³/mol. The zero-order valence-corrected chi connectivity index (χ0v) is 13.5. The van der Waals surface area contributed by atoms with Gasteiger partial charge in [-0.2, -0.15) is 0 Å². The van der Waals surface area contributed by atoms with Crippen LogP contribution in [0, 0.1) is 0 Å². The zero-order chi connectivity index (χ0) is 17.1. The molecule has 1 aromatic carbocycles. The summed E-state index contributed by atoms with van der Waals surface area (Å²) >= 11 is 0. The number of aromatic hydroxyl groups is 1. The third-order valence-corrected chi connectivity index (χ3v) is 4.00. The summed E-state index contributed by atoms with van der Waals surface area (Å²) in [5, 5.41) is 13.0. The van der Waals surface area contributed by atoms with E-state index in [0.29, 0.717) is 0 Å². The number of rotatable bonds is 5. The fourth-order valence-corrected chi connectivity index (χ4v) is 2.79. The molecule has 0 amide bonds. The molecule has 0 spiro atoms. The number of hydrogen-bond acceptors (Lipinski definition) is 5. The Bertz CT molecular complexity index is 997. The lowest BCUT2D eigenvalue weighted by molar-refractivity contribution is 0.475. The second-order valence-electron chi connectivity index (χ2n) is 5.70. The number of hydrogen-bond donors (Lipinski definition) is 2. The molecule has 0 fully saturated rings. The van der Waals surface area contributed by atoms with E-state index in [2.05, 4.69) is 26.3 Å². The third-order valence-electron chi connectivity index (χ3n) is 4.00. The van der Waals surface area contributed by atoms with Crippen molar-refractivity contribution in [1.29, 1.82) is 0 Å². The van der Waals surface area contributed by atoms with Crippen LogP contribution in [0.2, 0.25) is 0 Å². The average Bonchev–Trinajstić information content (AvgIpc) is 3.08. The summed E-state index contributed by atoms with van der Waals surface area (Å²) in [5.74, 6) is 0.967. The lowest BCUT2D eigenvalue weighted by Crippen LogP contribution is -2.08. The van der Waals surface area contributed by atoms with Gasteiger partial charge in [-0.25, -0.2) is 9.97 Å². The number of anilines is 1. The molecule has 0 radical (unpaired) electrons. The fraction of sp³-hybridized carbons (Fsp3) is 0.105. The Kier molecular flexibility index (Phi) is 4.00. The number of phenolic OH excluding ortho intramolecular Hbond substituents is 1. The molecule has 6 heteroatoms. The van der Waals surface area contributed by atoms with E-state index in [9.17, 15) is 5.11 Å². The Morgan fingerprint density at radius 2 is 2.00 bits per heavy atom. The number of benzene rings is 1. The monoisotopic (exact) mass is 331 g/mol. The van der Waals surface area contributed by atoms with E-state index >= 15 is 0 Å². The molecule has 0 unspecified atom stereocenters.